The molecule has 5 heteroatoms. The monoisotopic (exact) mass is 392 g/mol. The predicted octanol–water partition coefficient (Wildman–Crippen LogP) is 4.26. The summed E-state index contributed by atoms with van der Waals surface area (Å²) in [7, 11) is 7.00. The van der Waals surface area contributed by atoms with Gasteiger partial charge < -0.3 is 19.3 Å². The number of likely N-dealkylation sites (N-methyl/N-ethyl adjacent to an activating group) is 2. The molecule has 0 saturated carbocycles. The van der Waals surface area contributed by atoms with Gasteiger partial charge in [0.05, 0.1) is 20.8 Å². The fourth-order valence-electron chi connectivity index (χ4n) is 3.37. The van der Waals surface area contributed by atoms with E-state index in [1.807, 2.05) is 56.3 Å². The van der Waals surface area contributed by atoms with Crippen molar-refractivity contribution in [3.63, 3.8) is 0 Å². The van der Waals surface area contributed by atoms with Crippen LogP contribution in [0.2, 0.25) is 0 Å². The maximum absolute atomic E-state index is 12.8. The van der Waals surface area contributed by atoms with Gasteiger partial charge in [-0.1, -0.05) is 30.3 Å². The van der Waals surface area contributed by atoms with Crippen LogP contribution >= 0.6 is 0 Å². The van der Waals surface area contributed by atoms with Gasteiger partial charge in [0.2, 0.25) is 5.91 Å². The number of methoxy groups -OCH3 is 2. The number of carbonyl (C=O) groups is 1. The fourth-order valence-corrected chi connectivity index (χ4v) is 3.37. The topological polar surface area (TPSA) is 42.0 Å². The number of benzene rings is 3. The molecule has 0 radical (unpaired) electrons. The zero-order valence-corrected chi connectivity index (χ0v) is 17.7. The molecular weight excluding hydrogens is 364 g/mol. The van der Waals surface area contributed by atoms with Crippen LogP contribution in [0.25, 0.3) is 10.8 Å². The van der Waals surface area contributed by atoms with Crippen molar-refractivity contribution in [1.82, 2.24) is 4.90 Å². The minimum absolute atomic E-state index is 0.0508. The van der Waals surface area contributed by atoms with E-state index in [4.69, 9.17) is 9.47 Å². The Morgan fingerprint density at radius 1 is 0.897 bits per heavy atom. The van der Waals surface area contributed by atoms with Crippen molar-refractivity contribution in [3.8, 4) is 11.5 Å². The van der Waals surface area contributed by atoms with Gasteiger partial charge in [0.1, 0.15) is 0 Å². The Kier molecular flexibility index (Phi) is 6.27. The van der Waals surface area contributed by atoms with Crippen LogP contribution in [0.1, 0.15) is 11.1 Å². The van der Waals surface area contributed by atoms with E-state index < -0.39 is 0 Å². The third-order valence-corrected chi connectivity index (χ3v) is 5.22. The zero-order valence-electron chi connectivity index (χ0n) is 17.7. The van der Waals surface area contributed by atoms with Gasteiger partial charge in [-0.3, -0.25) is 4.79 Å². The van der Waals surface area contributed by atoms with Crippen LogP contribution in [0.3, 0.4) is 0 Å². The van der Waals surface area contributed by atoms with Crippen molar-refractivity contribution in [1.29, 1.82) is 0 Å². The number of hydrogen-bond donors (Lipinski definition) is 0. The SMILES string of the molecule is COc1cc(C)c(CN(C)C(=O)CN(C)c2ccc3ccccc3c2)cc1OC. The molecule has 0 unspecified atom stereocenters. The van der Waals surface area contributed by atoms with E-state index in [-0.39, 0.29) is 5.91 Å². The van der Waals surface area contributed by atoms with E-state index in [2.05, 4.69) is 24.3 Å². The molecular formula is C24H28N2O3. The molecule has 0 saturated heterocycles. The summed E-state index contributed by atoms with van der Waals surface area (Å²) in [6.45, 7) is 2.83. The van der Waals surface area contributed by atoms with Gasteiger partial charge in [-0.2, -0.15) is 0 Å². The second-order valence-electron chi connectivity index (χ2n) is 7.27. The number of anilines is 1. The maximum Gasteiger partial charge on any atom is 0.242 e. The minimum atomic E-state index is 0.0508. The Morgan fingerprint density at radius 2 is 1.55 bits per heavy atom. The first-order valence-corrected chi connectivity index (χ1v) is 9.58. The Hall–Kier alpha value is -3.21. The van der Waals surface area contributed by atoms with Crippen molar-refractivity contribution in [2.24, 2.45) is 0 Å². The average Bonchev–Trinajstić information content (AvgIpc) is 2.74. The number of aryl methyl sites for hydroxylation is 1. The molecule has 0 atom stereocenters. The Balaban J connectivity index is 1.69. The predicted molar refractivity (Wildman–Crippen MR) is 118 cm³/mol. The molecule has 0 aliphatic heterocycles. The lowest BCUT2D eigenvalue weighted by Crippen LogP contribution is -2.36. The van der Waals surface area contributed by atoms with E-state index >= 15 is 0 Å². The number of amides is 1. The molecule has 0 fully saturated rings. The lowest BCUT2D eigenvalue weighted by atomic mass is 10.1. The average molecular weight is 392 g/mol. The van der Waals surface area contributed by atoms with Gasteiger partial charge in [0, 0.05) is 26.3 Å². The van der Waals surface area contributed by atoms with Gasteiger partial charge in [-0.05, 0) is 53.1 Å². The minimum Gasteiger partial charge on any atom is -0.493 e. The Labute approximate surface area is 172 Å². The molecule has 3 rings (SSSR count). The second kappa shape index (κ2) is 8.86. The molecule has 0 N–H and O–H groups in total. The van der Waals surface area contributed by atoms with Crippen molar-refractivity contribution in [2.45, 2.75) is 13.5 Å². The van der Waals surface area contributed by atoms with Crippen molar-refractivity contribution >= 4 is 22.4 Å². The molecule has 0 heterocycles. The van der Waals surface area contributed by atoms with Crippen LogP contribution in [0, 0.1) is 6.92 Å². The molecule has 0 spiro atoms. The molecule has 0 aliphatic carbocycles. The van der Waals surface area contributed by atoms with Crippen LogP contribution in [0.4, 0.5) is 5.69 Å². The van der Waals surface area contributed by atoms with E-state index in [9.17, 15) is 4.79 Å². The van der Waals surface area contributed by atoms with Gasteiger partial charge >= 0.3 is 0 Å². The highest BCUT2D eigenvalue weighted by Gasteiger charge is 2.16. The largest absolute Gasteiger partial charge is 0.493 e. The summed E-state index contributed by atoms with van der Waals surface area (Å²) in [5, 5.41) is 2.36. The third kappa shape index (κ3) is 4.62. The number of nitrogens with zero attached hydrogens (tertiary/aromatic N) is 2. The smallest absolute Gasteiger partial charge is 0.242 e. The maximum atomic E-state index is 12.8. The molecule has 3 aromatic carbocycles. The molecule has 152 valence electrons. The highest BCUT2D eigenvalue weighted by atomic mass is 16.5. The Bertz CT molecular complexity index is 1020. The molecule has 0 bridgehead atoms. The summed E-state index contributed by atoms with van der Waals surface area (Å²) >= 11 is 0. The summed E-state index contributed by atoms with van der Waals surface area (Å²) in [5.41, 5.74) is 3.12. The van der Waals surface area contributed by atoms with Crippen LogP contribution in [-0.2, 0) is 11.3 Å². The van der Waals surface area contributed by atoms with E-state index in [1.165, 1.54) is 10.8 Å². The summed E-state index contributed by atoms with van der Waals surface area (Å²) in [4.78, 5) is 16.5. The van der Waals surface area contributed by atoms with Crippen LogP contribution in [-0.4, -0.2) is 45.7 Å². The first kappa shape index (κ1) is 20.5. The molecule has 29 heavy (non-hydrogen) atoms. The number of rotatable bonds is 7. The van der Waals surface area contributed by atoms with E-state index in [0.29, 0.717) is 24.6 Å². The molecule has 0 aliphatic rings. The molecule has 5 nitrogen and oxygen atoms in total. The fraction of sp³-hybridized carbons (Fsp3) is 0.292. The summed E-state index contributed by atoms with van der Waals surface area (Å²) in [5.74, 6) is 1.41. The quantitative estimate of drug-likeness (QED) is 0.603. The number of ether oxygens (including phenoxy) is 2. The molecule has 1 amide bonds. The summed E-state index contributed by atoms with van der Waals surface area (Å²) in [6, 6.07) is 18.3. The van der Waals surface area contributed by atoms with Crippen LogP contribution in [0.5, 0.6) is 11.5 Å². The zero-order chi connectivity index (χ0) is 21.0. The van der Waals surface area contributed by atoms with E-state index in [0.717, 1.165) is 16.8 Å². The normalized spacial score (nSPS) is 10.7. The summed E-state index contributed by atoms with van der Waals surface area (Å²) in [6.07, 6.45) is 0. The highest BCUT2D eigenvalue weighted by molar-refractivity contribution is 5.87. The van der Waals surface area contributed by atoms with Gasteiger partial charge in [-0.25, -0.2) is 0 Å². The van der Waals surface area contributed by atoms with Crippen LogP contribution < -0.4 is 14.4 Å². The third-order valence-electron chi connectivity index (χ3n) is 5.22. The molecule has 3 aromatic rings. The number of fused-ring (bicyclic) bond motifs is 1. The first-order chi connectivity index (χ1) is 13.9. The van der Waals surface area contributed by atoms with Gasteiger partial charge in [0.15, 0.2) is 11.5 Å². The van der Waals surface area contributed by atoms with Crippen molar-refractivity contribution in [3.05, 3.63) is 65.7 Å². The van der Waals surface area contributed by atoms with Crippen LogP contribution in [0.15, 0.2) is 54.6 Å². The van der Waals surface area contributed by atoms with E-state index in [1.54, 1.807) is 19.1 Å². The summed E-state index contributed by atoms with van der Waals surface area (Å²) < 4.78 is 10.7. The lowest BCUT2D eigenvalue weighted by Gasteiger charge is -2.24. The first-order valence-electron chi connectivity index (χ1n) is 9.58. The number of hydrogen-bond acceptors (Lipinski definition) is 4. The van der Waals surface area contributed by atoms with Crippen molar-refractivity contribution < 1.29 is 14.3 Å². The molecule has 0 aromatic heterocycles. The Morgan fingerprint density at radius 3 is 2.24 bits per heavy atom. The highest BCUT2D eigenvalue weighted by Crippen LogP contribution is 2.30. The lowest BCUT2D eigenvalue weighted by molar-refractivity contribution is -0.128. The van der Waals surface area contributed by atoms with Crippen molar-refractivity contribution in [2.75, 3.05) is 39.8 Å². The second-order valence-corrected chi connectivity index (χ2v) is 7.27. The van der Waals surface area contributed by atoms with Gasteiger partial charge in [-0.15, -0.1) is 0 Å². The number of carbonyl (C=O) groups excluding carboxylic acids is 1. The standard InChI is InChI=1S/C24H28N2O3/c1-17-12-22(28-4)23(29-5)14-20(17)15-26(3)24(27)16-25(2)21-11-10-18-8-6-7-9-19(18)13-21/h6-14H,15-16H2,1-5H3. The van der Waals surface area contributed by atoms with Gasteiger partial charge in [0.25, 0.3) is 0 Å².